The van der Waals surface area contributed by atoms with Crippen molar-refractivity contribution in [3.63, 3.8) is 0 Å². The zero-order valence-electron chi connectivity index (χ0n) is 7.58. The molecule has 0 aliphatic heterocycles. The average molecular weight is 227 g/mol. The van der Waals surface area contributed by atoms with E-state index in [2.05, 4.69) is 17.8 Å². The summed E-state index contributed by atoms with van der Waals surface area (Å²) in [7, 11) is 0. The molecule has 2 aromatic rings. The van der Waals surface area contributed by atoms with Gasteiger partial charge in [0.25, 0.3) is 0 Å². The molecule has 15 heavy (non-hydrogen) atoms. The molecule has 0 N–H and O–H groups in total. The van der Waals surface area contributed by atoms with Gasteiger partial charge in [0, 0.05) is 11.8 Å². The molecule has 78 valence electrons. The molecule has 0 atom stereocenters. The van der Waals surface area contributed by atoms with Crippen LogP contribution in [0.25, 0.3) is 11.3 Å². The summed E-state index contributed by atoms with van der Waals surface area (Å²) in [5, 5.41) is 3.64. The number of benzene rings is 1. The molecule has 2 nitrogen and oxygen atoms in total. The number of rotatable bonds is 2. The first-order valence-electron chi connectivity index (χ1n) is 4.23. The van der Waals surface area contributed by atoms with Crippen LogP contribution in [0.2, 0.25) is 0 Å². The Morgan fingerprint density at radius 1 is 1.33 bits per heavy atom. The number of thiol groups is 1. The van der Waals surface area contributed by atoms with Gasteiger partial charge in [-0.15, -0.1) is 0 Å². The Kier molecular flexibility index (Phi) is 2.73. The van der Waals surface area contributed by atoms with Crippen LogP contribution in [0.3, 0.4) is 0 Å². The van der Waals surface area contributed by atoms with Gasteiger partial charge in [-0.05, 0) is 12.1 Å². The van der Waals surface area contributed by atoms with Gasteiger partial charge in [-0.25, -0.2) is 8.78 Å². The van der Waals surface area contributed by atoms with Crippen LogP contribution in [0, 0.1) is 11.6 Å². The Balaban J connectivity index is 2.49. The van der Waals surface area contributed by atoms with E-state index in [4.69, 9.17) is 4.52 Å². The molecular formula is C10H7F2NOS. The number of hydrogen-bond donors (Lipinski definition) is 1. The molecule has 1 aromatic heterocycles. The number of nitrogens with zero attached hydrogens (tertiary/aromatic N) is 1. The van der Waals surface area contributed by atoms with Gasteiger partial charge >= 0.3 is 0 Å². The van der Waals surface area contributed by atoms with E-state index in [1.165, 1.54) is 18.2 Å². The van der Waals surface area contributed by atoms with Crippen LogP contribution in [0.5, 0.6) is 0 Å². The van der Waals surface area contributed by atoms with Crippen LogP contribution in [0.1, 0.15) is 5.69 Å². The fourth-order valence-electron chi connectivity index (χ4n) is 1.21. The molecular weight excluding hydrogens is 220 g/mol. The maximum atomic E-state index is 13.3. The van der Waals surface area contributed by atoms with Crippen molar-refractivity contribution in [3.8, 4) is 11.3 Å². The van der Waals surface area contributed by atoms with Crippen LogP contribution in [-0.4, -0.2) is 5.16 Å². The van der Waals surface area contributed by atoms with Gasteiger partial charge in [-0.3, -0.25) is 0 Å². The van der Waals surface area contributed by atoms with E-state index in [-0.39, 0.29) is 11.3 Å². The van der Waals surface area contributed by atoms with Gasteiger partial charge in [-0.2, -0.15) is 12.6 Å². The fourth-order valence-corrected chi connectivity index (χ4v) is 1.36. The standard InChI is InChI=1S/C10H7F2NOS/c11-8-3-1-2-7(10(8)12)9-4-6(5-15)13-14-9/h1-4,15H,5H2. The monoisotopic (exact) mass is 227 g/mol. The Morgan fingerprint density at radius 2 is 2.13 bits per heavy atom. The van der Waals surface area contributed by atoms with Crippen LogP contribution < -0.4 is 0 Å². The molecule has 0 bridgehead atoms. The van der Waals surface area contributed by atoms with E-state index >= 15 is 0 Å². The highest BCUT2D eigenvalue weighted by molar-refractivity contribution is 7.79. The van der Waals surface area contributed by atoms with Crippen molar-refractivity contribution < 1.29 is 13.3 Å². The molecule has 0 spiro atoms. The highest BCUT2D eigenvalue weighted by Gasteiger charge is 2.13. The Morgan fingerprint density at radius 3 is 2.80 bits per heavy atom. The quantitative estimate of drug-likeness (QED) is 0.798. The largest absolute Gasteiger partial charge is 0.356 e. The lowest BCUT2D eigenvalue weighted by atomic mass is 10.1. The second kappa shape index (κ2) is 4.02. The number of aromatic nitrogens is 1. The average Bonchev–Trinajstić information content (AvgIpc) is 2.70. The third-order valence-electron chi connectivity index (χ3n) is 1.94. The first-order valence-corrected chi connectivity index (χ1v) is 4.86. The summed E-state index contributed by atoms with van der Waals surface area (Å²) in [5.74, 6) is -1.24. The van der Waals surface area contributed by atoms with Gasteiger partial charge in [0.2, 0.25) is 0 Å². The third kappa shape index (κ3) is 1.87. The first kappa shape index (κ1) is 10.2. The minimum Gasteiger partial charge on any atom is -0.356 e. The fraction of sp³-hybridized carbons (Fsp3) is 0.100. The molecule has 0 aliphatic carbocycles. The summed E-state index contributed by atoms with van der Waals surface area (Å²) in [6.07, 6.45) is 0. The molecule has 0 radical (unpaired) electrons. The van der Waals surface area contributed by atoms with E-state index in [0.717, 1.165) is 6.07 Å². The second-order valence-electron chi connectivity index (χ2n) is 2.94. The normalized spacial score (nSPS) is 10.6. The van der Waals surface area contributed by atoms with Crippen molar-refractivity contribution in [2.45, 2.75) is 5.75 Å². The molecule has 0 saturated carbocycles. The molecule has 5 heteroatoms. The summed E-state index contributed by atoms with van der Waals surface area (Å²) < 4.78 is 31.1. The van der Waals surface area contributed by atoms with E-state index in [9.17, 15) is 8.78 Å². The molecule has 0 amide bonds. The highest BCUT2D eigenvalue weighted by atomic mass is 32.1. The van der Waals surface area contributed by atoms with Gasteiger partial charge in [0.05, 0.1) is 11.3 Å². The van der Waals surface area contributed by atoms with Crippen molar-refractivity contribution >= 4 is 12.6 Å². The maximum absolute atomic E-state index is 13.3. The van der Waals surface area contributed by atoms with Crippen molar-refractivity contribution in [1.29, 1.82) is 0 Å². The number of halogens is 2. The van der Waals surface area contributed by atoms with E-state index in [1.54, 1.807) is 0 Å². The summed E-state index contributed by atoms with van der Waals surface area (Å²) in [4.78, 5) is 0. The third-order valence-corrected chi connectivity index (χ3v) is 2.26. The Hall–Kier alpha value is -1.36. The minimum absolute atomic E-state index is 0.0653. The lowest BCUT2D eigenvalue weighted by molar-refractivity contribution is 0.422. The summed E-state index contributed by atoms with van der Waals surface area (Å²) in [5.41, 5.74) is 0.646. The first-order chi connectivity index (χ1) is 7.22. The highest BCUT2D eigenvalue weighted by Crippen LogP contribution is 2.25. The predicted octanol–water partition coefficient (Wildman–Crippen LogP) is 3.05. The van der Waals surface area contributed by atoms with Crippen LogP contribution >= 0.6 is 12.6 Å². The van der Waals surface area contributed by atoms with E-state index < -0.39 is 11.6 Å². The molecule has 1 heterocycles. The second-order valence-corrected chi connectivity index (χ2v) is 3.26. The smallest absolute Gasteiger partial charge is 0.170 e. The topological polar surface area (TPSA) is 26.0 Å². The molecule has 0 saturated heterocycles. The van der Waals surface area contributed by atoms with Crippen molar-refractivity contribution in [3.05, 3.63) is 41.6 Å². The van der Waals surface area contributed by atoms with Gasteiger partial charge in [0.1, 0.15) is 0 Å². The summed E-state index contributed by atoms with van der Waals surface area (Å²) in [6.45, 7) is 0. The van der Waals surface area contributed by atoms with Crippen molar-refractivity contribution in [1.82, 2.24) is 5.16 Å². The van der Waals surface area contributed by atoms with Gasteiger partial charge in [-0.1, -0.05) is 11.2 Å². The van der Waals surface area contributed by atoms with Gasteiger partial charge < -0.3 is 4.52 Å². The lowest BCUT2D eigenvalue weighted by Gasteiger charge is -1.97. The van der Waals surface area contributed by atoms with Crippen molar-refractivity contribution in [2.24, 2.45) is 0 Å². The Bertz CT molecular complexity index is 484. The van der Waals surface area contributed by atoms with Crippen LogP contribution in [0.4, 0.5) is 8.78 Å². The van der Waals surface area contributed by atoms with Gasteiger partial charge in [0.15, 0.2) is 17.4 Å². The molecule has 2 rings (SSSR count). The SMILES string of the molecule is Fc1cccc(-c2cc(CS)no2)c1F. The predicted molar refractivity (Wildman–Crippen MR) is 54.5 cm³/mol. The number of hydrogen-bond acceptors (Lipinski definition) is 3. The van der Waals surface area contributed by atoms with Crippen molar-refractivity contribution in [2.75, 3.05) is 0 Å². The minimum atomic E-state index is -0.931. The van der Waals surface area contributed by atoms with Crippen LogP contribution in [0.15, 0.2) is 28.8 Å². The van der Waals surface area contributed by atoms with Crippen LogP contribution in [-0.2, 0) is 5.75 Å². The van der Waals surface area contributed by atoms with E-state index in [0.29, 0.717) is 11.4 Å². The summed E-state index contributed by atoms with van der Waals surface area (Å²) in [6, 6.07) is 5.43. The lowest BCUT2D eigenvalue weighted by Crippen LogP contribution is -1.87. The zero-order valence-corrected chi connectivity index (χ0v) is 8.47. The van der Waals surface area contributed by atoms with E-state index in [1.807, 2.05) is 0 Å². The molecule has 0 aliphatic rings. The molecule has 0 fully saturated rings. The zero-order chi connectivity index (χ0) is 10.8. The molecule has 0 unspecified atom stereocenters. The Labute approximate surface area is 90.3 Å². The summed E-state index contributed by atoms with van der Waals surface area (Å²) >= 11 is 3.99. The maximum Gasteiger partial charge on any atom is 0.170 e. The molecule has 1 aromatic carbocycles.